The van der Waals surface area contributed by atoms with Crippen LogP contribution in [0.2, 0.25) is 0 Å². The van der Waals surface area contributed by atoms with Gasteiger partial charge in [0.15, 0.2) is 0 Å². The van der Waals surface area contributed by atoms with Crippen molar-refractivity contribution in [2.75, 3.05) is 0 Å². The summed E-state index contributed by atoms with van der Waals surface area (Å²) in [4.78, 5) is 0. The zero-order valence-corrected chi connectivity index (χ0v) is 4.07. The Balaban J connectivity index is 2.94. The van der Waals surface area contributed by atoms with Crippen LogP contribution in [0.25, 0.3) is 0 Å². The highest BCUT2D eigenvalue weighted by molar-refractivity contribution is 9.24. The lowest BCUT2D eigenvalue weighted by molar-refractivity contribution is 1.55. The molecule has 0 aliphatic rings. The van der Waals surface area contributed by atoms with Crippen LogP contribution < -0.4 is 5.64 Å². The maximum Gasteiger partial charge on any atom is 0.417 e. The maximum absolute atomic E-state index is 7.72. The number of nitriles is 1. The lowest BCUT2D eigenvalue weighted by Crippen LogP contribution is -2.13. The topological polar surface area (TPSA) is 49.8 Å². The summed E-state index contributed by atoms with van der Waals surface area (Å²) in [6, 6.07) is 0. The van der Waals surface area contributed by atoms with Gasteiger partial charge in [0.25, 0.3) is 0 Å². The number of nitrogens with zero attached hydrogens (tertiary/aromatic N) is 1. The van der Waals surface area contributed by atoms with E-state index in [2.05, 4.69) is 15.8 Å². The average molecular weight is 133 g/mol. The van der Waals surface area contributed by atoms with Crippen LogP contribution in [0.3, 0.4) is 0 Å². The molecule has 0 rings (SSSR count). The van der Waals surface area contributed by atoms with Crippen molar-refractivity contribution in [2.45, 2.75) is 0 Å². The highest BCUT2D eigenvalue weighted by Gasteiger charge is 1.93. The smallest absolute Gasteiger partial charge is 0.347 e. The minimum atomic E-state index is -0.498. The van der Waals surface area contributed by atoms with Gasteiger partial charge in [-0.1, -0.05) is 0 Å². The van der Waals surface area contributed by atoms with Crippen molar-refractivity contribution in [2.24, 2.45) is 5.64 Å². The first-order valence-electron chi connectivity index (χ1n) is 1.06. The molecule has 0 bridgehead atoms. The van der Waals surface area contributed by atoms with Crippen LogP contribution in [0.4, 0.5) is 0 Å². The molecule has 0 atom stereocenters. The zero-order chi connectivity index (χ0) is 4.28. The molecule has 2 N–H and O–H groups in total. The molecule has 0 aromatic carbocycles. The predicted molar refractivity (Wildman–Crippen MR) is 24.5 cm³/mol. The van der Waals surface area contributed by atoms with Crippen molar-refractivity contribution in [3.63, 3.8) is 0 Å². The predicted octanol–water partition coefficient (Wildman–Crippen LogP) is -0.109. The van der Waals surface area contributed by atoms with Crippen molar-refractivity contribution in [1.82, 2.24) is 0 Å². The van der Waals surface area contributed by atoms with E-state index in [9.17, 15) is 0 Å². The average Bonchev–Trinajstić information content (AvgIpc) is 1.38. The van der Waals surface area contributed by atoms with E-state index >= 15 is 0 Å². The molecule has 5 heavy (non-hydrogen) atoms. The van der Waals surface area contributed by atoms with E-state index < -0.39 is 5.67 Å². The number of halogens is 1. The van der Waals surface area contributed by atoms with E-state index in [1.165, 1.54) is 0 Å². The van der Waals surface area contributed by atoms with Crippen molar-refractivity contribution in [3.8, 4) is 5.97 Å². The fourth-order valence-corrected chi connectivity index (χ4v) is 0. The van der Waals surface area contributed by atoms with Crippen molar-refractivity contribution in [1.29, 1.82) is 5.26 Å². The summed E-state index contributed by atoms with van der Waals surface area (Å²) in [5, 5.41) is 7.72. The molecular formula is CH2BBrN2. The van der Waals surface area contributed by atoms with Gasteiger partial charge in [-0.2, -0.15) is 0 Å². The molecule has 2 nitrogen and oxygen atoms in total. The zero-order valence-electron chi connectivity index (χ0n) is 2.48. The third-order valence-electron chi connectivity index (χ3n) is 0.123. The van der Waals surface area contributed by atoms with E-state index in [1.54, 1.807) is 5.97 Å². The fraction of sp³-hybridized carbons (Fsp3) is 0. The van der Waals surface area contributed by atoms with Crippen LogP contribution in [0.15, 0.2) is 0 Å². The molecular weight excluding hydrogens is 131 g/mol. The Morgan fingerprint density at radius 3 is 2.20 bits per heavy atom. The Hall–Kier alpha value is -0.00506. The maximum atomic E-state index is 7.72. The van der Waals surface area contributed by atoms with E-state index in [0.717, 1.165) is 0 Å². The number of hydrogen-bond donors (Lipinski definition) is 1. The summed E-state index contributed by atoms with van der Waals surface area (Å²) in [5.74, 6) is 1.72. The fourth-order valence-electron chi connectivity index (χ4n) is 0. The monoisotopic (exact) mass is 132 g/mol. The molecule has 0 spiro atoms. The molecule has 0 amide bonds. The minimum absolute atomic E-state index is 0.498. The van der Waals surface area contributed by atoms with Crippen molar-refractivity contribution >= 4 is 21.4 Å². The van der Waals surface area contributed by atoms with Gasteiger partial charge in [0, 0.05) is 5.97 Å². The molecule has 0 saturated heterocycles. The molecule has 0 heterocycles. The van der Waals surface area contributed by atoms with E-state index in [0.29, 0.717) is 0 Å². The molecule has 0 aliphatic carbocycles. The van der Waals surface area contributed by atoms with Gasteiger partial charge >= 0.3 is 5.67 Å². The Morgan fingerprint density at radius 1 is 2.00 bits per heavy atom. The summed E-state index contributed by atoms with van der Waals surface area (Å²) < 4.78 is 0. The Kier molecular flexibility index (Phi) is 2.24. The van der Waals surface area contributed by atoms with E-state index in [1.807, 2.05) is 0 Å². The third kappa shape index (κ3) is 3.99. The van der Waals surface area contributed by atoms with Crippen LogP contribution in [-0.4, -0.2) is 5.67 Å². The molecule has 0 saturated carbocycles. The van der Waals surface area contributed by atoms with Gasteiger partial charge in [-0.25, -0.2) is 5.26 Å². The molecule has 0 aliphatic heterocycles. The third-order valence-corrected chi connectivity index (χ3v) is 0.328. The minimum Gasteiger partial charge on any atom is -0.347 e. The van der Waals surface area contributed by atoms with Gasteiger partial charge in [-0.15, -0.1) is 15.8 Å². The second kappa shape index (κ2) is 2.25. The molecule has 0 aromatic heterocycles. The van der Waals surface area contributed by atoms with Gasteiger partial charge in [-0.3, -0.25) is 0 Å². The molecule has 0 aromatic rings. The SMILES string of the molecule is N#CB(N)Br. The number of hydrogen-bond acceptors (Lipinski definition) is 2. The van der Waals surface area contributed by atoms with E-state index in [4.69, 9.17) is 10.9 Å². The second-order valence-electron chi connectivity index (χ2n) is 0.531. The summed E-state index contributed by atoms with van der Waals surface area (Å²) in [5.41, 5.74) is 4.35. The summed E-state index contributed by atoms with van der Waals surface area (Å²) in [6.45, 7) is 0. The van der Waals surface area contributed by atoms with Crippen molar-refractivity contribution < 1.29 is 0 Å². The highest BCUT2D eigenvalue weighted by Crippen LogP contribution is 1.74. The lowest BCUT2D eigenvalue weighted by Gasteiger charge is -1.66. The first-order chi connectivity index (χ1) is 2.27. The van der Waals surface area contributed by atoms with Crippen LogP contribution in [0, 0.1) is 11.2 Å². The molecule has 4 heteroatoms. The Labute approximate surface area is 39.0 Å². The lowest BCUT2D eigenvalue weighted by atomic mass is 10.0. The standard InChI is InChI=1S/CH2BBrN2/c3-2(5)1-4/h5H2. The Morgan fingerprint density at radius 2 is 2.20 bits per heavy atom. The quantitative estimate of drug-likeness (QED) is 0.468. The summed E-state index contributed by atoms with van der Waals surface area (Å²) in [6.07, 6.45) is 0. The highest BCUT2D eigenvalue weighted by atomic mass is 79.9. The van der Waals surface area contributed by atoms with Gasteiger partial charge in [-0.05, 0) is 0 Å². The first kappa shape index (κ1) is 4.99. The second-order valence-corrected chi connectivity index (χ2v) is 1.52. The van der Waals surface area contributed by atoms with Crippen molar-refractivity contribution in [3.05, 3.63) is 0 Å². The molecule has 0 fully saturated rings. The van der Waals surface area contributed by atoms with Crippen LogP contribution in [0.5, 0.6) is 0 Å². The number of rotatable bonds is 0. The van der Waals surface area contributed by atoms with Gasteiger partial charge in [0.05, 0.1) is 0 Å². The molecule has 0 unspecified atom stereocenters. The normalized spacial score (nSPS) is 5.80. The largest absolute Gasteiger partial charge is 0.417 e. The molecule has 26 valence electrons. The van der Waals surface area contributed by atoms with Gasteiger partial charge < -0.3 is 5.64 Å². The van der Waals surface area contributed by atoms with Crippen LogP contribution in [-0.2, 0) is 0 Å². The van der Waals surface area contributed by atoms with Gasteiger partial charge in [0.1, 0.15) is 0 Å². The van der Waals surface area contributed by atoms with Crippen LogP contribution in [0.1, 0.15) is 0 Å². The van der Waals surface area contributed by atoms with E-state index in [-0.39, 0.29) is 0 Å². The van der Waals surface area contributed by atoms with Gasteiger partial charge in [0.2, 0.25) is 0 Å². The Bertz CT molecular complexity index is 55.2. The number of nitrogens with two attached hydrogens (primary N) is 1. The summed E-state index contributed by atoms with van der Waals surface area (Å²) >= 11 is 2.79. The first-order valence-corrected chi connectivity index (χ1v) is 1.98. The van der Waals surface area contributed by atoms with Crippen LogP contribution >= 0.6 is 15.8 Å². The summed E-state index contributed by atoms with van der Waals surface area (Å²) in [7, 11) is 0. The molecule has 0 radical (unpaired) electrons.